The third-order valence-corrected chi connectivity index (χ3v) is 9.50. The number of benzene rings is 1. The average Bonchev–Trinajstić information content (AvgIpc) is 3.22. The summed E-state index contributed by atoms with van der Waals surface area (Å²) >= 11 is 0. The fourth-order valence-corrected chi connectivity index (χ4v) is 7.53. The molecule has 2 atom stereocenters. The van der Waals surface area contributed by atoms with Gasteiger partial charge in [-0.1, -0.05) is 19.1 Å². The molecular weight excluding hydrogens is 476 g/mol. The largest absolute Gasteiger partial charge is 0.375 e. The van der Waals surface area contributed by atoms with Crippen LogP contribution in [-0.2, 0) is 23.7 Å². The zero-order valence-corrected chi connectivity index (χ0v) is 22.1. The number of aromatic nitrogens is 5. The molecule has 2 aliphatic carbocycles. The van der Waals surface area contributed by atoms with Gasteiger partial charge in [0.15, 0.2) is 0 Å². The third kappa shape index (κ3) is 3.39. The summed E-state index contributed by atoms with van der Waals surface area (Å²) in [4.78, 5) is 20.0. The van der Waals surface area contributed by atoms with Crippen LogP contribution in [0.15, 0.2) is 47.7 Å². The van der Waals surface area contributed by atoms with Crippen LogP contribution in [0.1, 0.15) is 67.6 Å². The number of H-pyrrole nitrogens is 1. The molecule has 0 amide bonds. The van der Waals surface area contributed by atoms with Crippen LogP contribution in [0.25, 0.3) is 16.6 Å². The molecule has 8 nitrogen and oxygen atoms in total. The second-order valence-corrected chi connectivity index (χ2v) is 12.3. The van der Waals surface area contributed by atoms with Crippen molar-refractivity contribution in [1.82, 2.24) is 29.2 Å². The number of nitrogens with one attached hydrogen (secondary N) is 1. The number of nitrogens with zero attached hydrogens (tertiary/aromatic N) is 5. The van der Waals surface area contributed by atoms with Gasteiger partial charge in [0.2, 0.25) is 0 Å². The molecule has 196 valence electrons. The molecule has 8 heteroatoms. The van der Waals surface area contributed by atoms with Gasteiger partial charge in [0.25, 0.3) is 5.56 Å². The van der Waals surface area contributed by atoms with Gasteiger partial charge in [0.1, 0.15) is 17.7 Å². The highest BCUT2D eigenvalue weighted by Crippen LogP contribution is 2.51. The SMILES string of the molecule is CC1CC(c2cccc(-n3cc(C4CC4)c4cc(CN5C[C@H]6CC5CO6)[nH]c4c3=O)c2)(c2nncn2C)C1. The maximum absolute atomic E-state index is 14.0. The van der Waals surface area contributed by atoms with Crippen LogP contribution in [0.2, 0.25) is 0 Å². The van der Waals surface area contributed by atoms with Crippen LogP contribution in [0, 0.1) is 5.92 Å². The van der Waals surface area contributed by atoms with Crippen molar-refractivity contribution in [2.45, 2.75) is 69.1 Å². The fraction of sp³-hybridized carbons (Fsp3) is 0.500. The molecule has 5 heterocycles. The first-order valence-corrected chi connectivity index (χ1v) is 14.1. The molecule has 4 fully saturated rings. The normalized spacial score (nSPS) is 28.8. The summed E-state index contributed by atoms with van der Waals surface area (Å²) in [7, 11) is 2.02. The van der Waals surface area contributed by atoms with E-state index in [0.29, 0.717) is 24.0 Å². The number of ether oxygens (including phenoxy) is 1. The van der Waals surface area contributed by atoms with Crippen LogP contribution in [0.3, 0.4) is 0 Å². The van der Waals surface area contributed by atoms with E-state index >= 15 is 0 Å². The number of aryl methyl sites for hydroxylation is 1. The first-order chi connectivity index (χ1) is 18.5. The smallest absolute Gasteiger partial charge is 0.279 e. The Bertz CT molecular complexity index is 1600. The number of likely N-dealkylation sites (tertiary alicyclic amines) is 1. The summed E-state index contributed by atoms with van der Waals surface area (Å²) in [5.74, 6) is 2.17. The third-order valence-electron chi connectivity index (χ3n) is 9.50. The minimum Gasteiger partial charge on any atom is -0.375 e. The van der Waals surface area contributed by atoms with Gasteiger partial charge >= 0.3 is 0 Å². The lowest BCUT2D eigenvalue weighted by molar-refractivity contribution is 0.0269. The van der Waals surface area contributed by atoms with Gasteiger partial charge in [-0.25, -0.2) is 0 Å². The van der Waals surface area contributed by atoms with E-state index in [0.717, 1.165) is 67.1 Å². The van der Waals surface area contributed by atoms with Crippen molar-refractivity contribution >= 4 is 10.9 Å². The minimum atomic E-state index is -0.161. The number of hydrogen-bond acceptors (Lipinski definition) is 5. The molecule has 1 aromatic carbocycles. The molecule has 2 bridgehead atoms. The van der Waals surface area contributed by atoms with Crippen molar-refractivity contribution in [3.8, 4) is 5.69 Å². The summed E-state index contributed by atoms with van der Waals surface area (Å²) in [5.41, 5.74) is 5.14. The average molecular weight is 511 g/mol. The number of pyridine rings is 1. The van der Waals surface area contributed by atoms with E-state index in [1.165, 1.54) is 24.0 Å². The molecule has 0 radical (unpaired) electrons. The first kappa shape index (κ1) is 22.7. The second-order valence-electron chi connectivity index (χ2n) is 12.3. The van der Waals surface area contributed by atoms with Crippen LogP contribution >= 0.6 is 0 Å². The monoisotopic (exact) mass is 510 g/mol. The van der Waals surface area contributed by atoms with Crippen LogP contribution in [-0.4, -0.2) is 54.5 Å². The quantitative estimate of drug-likeness (QED) is 0.424. The van der Waals surface area contributed by atoms with Crippen LogP contribution < -0.4 is 5.56 Å². The lowest BCUT2D eigenvalue weighted by atomic mass is 9.58. The van der Waals surface area contributed by atoms with Gasteiger partial charge in [0.05, 0.1) is 18.1 Å². The standard InChI is InChI=1S/C30H34N6O2/c1-18-11-30(12-18,29-33-31-17-34(29)2)20-4-3-5-22(8-20)36-15-26(19-6-7-19)25-9-21(32-27(25)28(36)37)13-35-14-24-10-23(35)16-38-24/h3-5,8-9,15,17-19,23-24,32H,6-7,10-14,16H2,1-2H3/t18?,23?,24-,30?/m1/s1. The minimum absolute atomic E-state index is 0.0220. The van der Waals surface area contributed by atoms with Crippen molar-refractivity contribution in [3.63, 3.8) is 0 Å². The number of rotatable bonds is 6. The van der Waals surface area contributed by atoms with E-state index in [2.05, 4.69) is 63.5 Å². The van der Waals surface area contributed by atoms with E-state index in [9.17, 15) is 4.79 Å². The molecule has 1 N–H and O–H groups in total. The molecule has 2 aliphatic heterocycles. The van der Waals surface area contributed by atoms with Crippen molar-refractivity contribution in [3.05, 3.63) is 75.9 Å². The van der Waals surface area contributed by atoms with E-state index in [4.69, 9.17) is 4.74 Å². The van der Waals surface area contributed by atoms with Gasteiger partial charge < -0.3 is 14.3 Å². The molecule has 2 saturated heterocycles. The van der Waals surface area contributed by atoms with Gasteiger partial charge in [-0.3, -0.25) is 14.3 Å². The van der Waals surface area contributed by atoms with Gasteiger partial charge in [-0.2, -0.15) is 0 Å². The zero-order valence-electron chi connectivity index (χ0n) is 22.1. The van der Waals surface area contributed by atoms with Crippen molar-refractivity contribution in [1.29, 1.82) is 0 Å². The topological polar surface area (TPSA) is 81.0 Å². The summed E-state index contributed by atoms with van der Waals surface area (Å²) in [6, 6.07) is 11.3. The van der Waals surface area contributed by atoms with Crippen LogP contribution in [0.4, 0.5) is 0 Å². The lowest BCUT2D eigenvalue weighted by Crippen LogP contribution is -2.43. The van der Waals surface area contributed by atoms with Gasteiger partial charge in [0, 0.05) is 49.1 Å². The van der Waals surface area contributed by atoms with Crippen LogP contribution in [0.5, 0.6) is 0 Å². The number of aromatic amines is 1. The van der Waals surface area contributed by atoms with E-state index in [1.807, 2.05) is 16.2 Å². The highest BCUT2D eigenvalue weighted by Gasteiger charge is 2.48. The Kier molecular flexibility index (Phi) is 4.86. The Labute approximate surface area is 221 Å². The Morgan fingerprint density at radius 2 is 2.08 bits per heavy atom. The van der Waals surface area contributed by atoms with Crippen molar-refractivity contribution in [2.24, 2.45) is 13.0 Å². The number of hydrogen-bond donors (Lipinski definition) is 1. The second kappa shape index (κ2) is 8.13. The molecule has 0 spiro atoms. The van der Waals surface area contributed by atoms with Crippen molar-refractivity contribution in [2.75, 3.05) is 13.2 Å². The van der Waals surface area contributed by atoms with E-state index in [1.54, 1.807) is 6.33 Å². The number of fused-ring (bicyclic) bond motifs is 3. The molecule has 1 unspecified atom stereocenters. The maximum Gasteiger partial charge on any atom is 0.279 e. The lowest BCUT2D eigenvalue weighted by Gasteiger charge is -2.46. The summed E-state index contributed by atoms with van der Waals surface area (Å²) < 4.78 is 9.70. The van der Waals surface area contributed by atoms with Gasteiger partial charge in [-0.05, 0) is 73.3 Å². The zero-order chi connectivity index (χ0) is 25.6. The molecule has 4 aromatic rings. The predicted octanol–water partition coefficient (Wildman–Crippen LogP) is 4.01. The molecule has 38 heavy (non-hydrogen) atoms. The van der Waals surface area contributed by atoms with E-state index in [-0.39, 0.29) is 11.0 Å². The molecular formula is C30H34N6O2. The van der Waals surface area contributed by atoms with E-state index < -0.39 is 0 Å². The first-order valence-electron chi connectivity index (χ1n) is 14.1. The Balaban J connectivity index is 1.21. The summed E-state index contributed by atoms with van der Waals surface area (Å²) in [5, 5.41) is 9.80. The highest BCUT2D eigenvalue weighted by molar-refractivity contribution is 5.84. The maximum atomic E-state index is 14.0. The Hall–Kier alpha value is -3.23. The summed E-state index contributed by atoms with van der Waals surface area (Å²) in [6.07, 6.45) is 9.85. The number of morpholine rings is 1. The fourth-order valence-electron chi connectivity index (χ4n) is 7.53. The highest BCUT2D eigenvalue weighted by atomic mass is 16.5. The Morgan fingerprint density at radius 1 is 1.21 bits per heavy atom. The molecule has 2 saturated carbocycles. The molecule has 8 rings (SSSR count). The predicted molar refractivity (Wildman–Crippen MR) is 145 cm³/mol. The van der Waals surface area contributed by atoms with Crippen molar-refractivity contribution < 1.29 is 4.74 Å². The molecule has 4 aliphatic rings. The Morgan fingerprint density at radius 3 is 2.76 bits per heavy atom. The summed E-state index contributed by atoms with van der Waals surface area (Å²) in [6.45, 7) is 4.95. The van der Waals surface area contributed by atoms with Gasteiger partial charge in [-0.15, -0.1) is 10.2 Å². The molecule has 3 aromatic heterocycles.